The second-order valence-corrected chi connectivity index (χ2v) is 13.6. The van der Waals surface area contributed by atoms with Crippen LogP contribution < -0.4 is 16.0 Å². The van der Waals surface area contributed by atoms with Gasteiger partial charge < -0.3 is 0 Å². The van der Waals surface area contributed by atoms with Crippen molar-refractivity contribution in [1.29, 1.82) is 0 Å². The first-order valence-electron chi connectivity index (χ1n) is 14.4. The monoisotopic (exact) mass is 567 g/mol. The van der Waals surface area contributed by atoms with Crippen LogP contribution in [0.15, 0.2) is 151 Å². The molecule has 6 rings (SSSR count). The van der Waals surface area contributed by atoms with Crippen molar-refractivity contribution in [1.82, 2.24) is 4.98 Å². The second kappa shape index (κ2) is 13.8. The van der Waals surface area contributed by atoms with E-state index in [9.17, 15) is 0 Å². The molecule has 0 amide bonds. The van der Waals surface area contributed by atoms with Gasteiger partial charge in [-0.2, -0.15) is 0 Å². The van der Waals surface area contributed by atoms with Crippen molar-refractivity contribution in [2.45, 2.75) is 30.6 Å². The van der Waals surface area contributed by atoms with Crippen LogP contribution in [-0.4, -0.2) is 10.7 Å². The highest BCUT2D eigenvalue weighted by molar-refractivity contribution is 7.99. The number of nitrogens with zero attached hydrogens (tertiary/aromatic N) is 1. The van der Waals surface area contributed by atoms with Gasteiger partial charge in [-0.05, 0) is 87.7 Å². The van der Waals surface area contributed by atoms with E-state index < -0.39 is 7.92 Å². The molecular formula is C38H34NPS. The van der Waals surface area contributed by atoms with Gasteiger partial charge in [-0.15, -0.1) is 11.8 Å². The summed E-state index contributed by atoms with van der Waals surface area (Å²) >= 11 is 1.97. The quantitative estimate of drug-likeness (QED) is 0.0884. The highest BCUT2D eigenvalue weighted by Crippen LogP contribution is 2.32. The molecule has 0 N–H and O–H groups in total. The molecule has 202 valence electrons. The second-order valence-electron chi connectivity index (χ2n) is 10.3. The Labute approximate surface area is 249 Å². The van der Waals surface area contributed by atoms with Crippen LogP contribution in [-0.2, 0) is 19.3 Å². The van der Waals surface area contributed by atoms with E-state index in [4.69, 9.17) is 4.98 Å². The van der Waals surface area contributed by atoms with Gasteiger partial charge in [0.15, 0.2) is 0 Å². The first-order chi connectivity index (χ1) is 20.3. The van der Waals surface area contributed by atoms with Gasteiger partial charge in [-0.25, -0.2) is 0 Å². The third kappa shape index (κ3) is 7.14. The largest absolute Gasteiger partial charge is 0.256 e. The summed E-state index contributed by atoms with van der Waals surface area (Å²) in [7, 11) is -0.676. The number of aryl methyl sites for hydroxylation is 3. The van der Waals surface area contributed by atoms with E-state index in [-0.39, 0.29) is 0 Å². The highest BCUT2D eigenvalue weighted by Gasteiger charge is 2.17. The lowest BCUT2D eigenvalue weighted by molar-refractivity contribution is 0.923. The van der Waals surface area contributed by atoms with Crippen molar-refractivity contribution in [3.63, 3.8) is 0 Å². The highest BCUT2D eigenvalue weighted by atomic mass is 32.2. The number of thioether (sulfide) groups is 1. The molecular weight excluding hydrogens is 533 g/mol. The van der Waals surface area contributed by atoms with Crippen molar-refractivity contribution in [2.75, 3.05) is 5.75 Å². The van der Waals surface area contributed by atoms with Gasteiger partial charge in [-0.3, -0.25) is 4.98 Å². The Hall–Kier alpha value is -3.71. The van der Waals surface area contributed by atoms with E-state index in [2.05, 4.69) is 140 Å². The number of rotatable bonds is 11. The van der Waals surface area contributed by atoms with Gasteiger partial charge in [0.25, 0.3) is 0 Å². The Kier molecular flexibility index (Phi) is 9.22. The predicted octanol–water partition coefficient (Wildman–Crippen LogP) is 8.50. The lowest BCUT2D eigenvalue weighted by Gasteiger charge is -2.18. The minimum absolute atomic E-state index is 0.676. The zero-order valence-corrected chi connectivity index (χ0v) is 24.9. The molecule has 41 heavy (non-hydrogen) atoms. The molecule has 0 aliphatic carbocycles. The van der Waals surface area contributed by atoms with Crippen LogP contribution in [0.4, 0.5) is 0 Å². The third-order valence-electron chi connectivity index (χ3n) is 7.41. The molecule has 6 aromatic rings. The van der Waals surface area contributed by atoms with Crippen LogP contribution in [0.2, 0.25) is 0 Å². The number of benzene rings is 5. The maximum absolute atomic E-state index is 4.86. The van der Waals surface area contributed by atoms with Gasteiger partial charge in [0.2, 0.25) is 0 Å². The van der Waals surface area contributed by atoms with Crippen molar-refractivity contribution >= 4 is 46.5 Å². The molecule has 3 heteroatoms. The molecule has 0 unspecified atom stereocenters. The molecule has 0 aliphatic rings. The van der Waals surface area contributed by atoms with Crippen molar-refractivity contribution in [2.24, 2.45) is 0 Å². The Morgan fingerprint density at radius 2 is 1.15 bits per heavy atom. The van der Waals surface area contributed by atoms with E-state index in [1.807, 2.05) is 18.0 Å². The van der Waals surface area contributed by atoms with Gasteiger partial charge in [0.1, 0.15) is 0 Å². The number of hydrogen-bond donors (Lipinski definition) is 0. The fourth-order valence-electron chi connectivity index (χ4n) is 5.25. The van der Waals surface area contributed by atoms with Crippen molar-refractivity contribution in [3.8, 4) is 0 Å². The number of fused-ring (bicyclic) bond motifs is 1. The van der Waals surface area contributed by atoms with Gasteiger partial charge >= 0.3 is 0 Å². The summed E-state index contributed by atoms with van der Waals surface area (Å²) in [5, 5.41) is 5.36. The van der Waals surface area contributed by atoms with Crippen LogP contribution in [0, 0.1) is 0 Å². The zero-order valence-electron chi connectivity index (χ0n) is 23.2. The van der Waals surface area contributed by atoms with Crippen molar-refractivity contribution in [3.05, 3.63) is 162 Å². The molecule has 0 fully saturated rings. The zero-order chi connectivity index (χ0) is 27.7. The molecule has 1 aromatic heterocycles. The van der Waals surface area contributed by atoms with Gasteiger partial charge in [0, 0.05) is 19.0 Å². The van der Waals surface area contributed by atoms with Crippen LogP contribution in [0.25, 0.3) is 10.8 Å². The summed E-state index contributed by atoms with van der Waals surface area (Å²) in [6.45, 7) is 0. The fraction of sp³-hybridized carbons (Fsp3) is 0.132. The van der Waals surface area contributed by atoms with Crippen LogP contribution in [0.5, 0.6) is 0 Å². The van der Waals surface area contributed by atoms with Gasteiger partial charge in [0.05, 0.1) is 5.44 Å². The van der Waals surface area contributed by atoms with E-state index in [1.165, 1.54) is 54.8 Å². The summed E-state index contributed by atoms with van der Waals surface area (Å²) in [5.74, 6) is 1.13. The molecule has 1 nitrogen and oxygen atoms in total. The molecule has 0 atom stereocenters. The van der Waals surface area contributed by atoms with Crippen LogP contribution in [0.3, 0.4) is 0 Å². The topological polar surface area (TPSA) is 12.9 Å². The first kappa shape index (κ1) is 27.5. The van der Waals surface area contributed by atoms with Crippen LogP contribution in [0.1, 0.15) is 23.1 Å². The number of aromatic nitrogens is 1. The maximum Gasteiger partial charge on any atom is 0.0723 e. The summed E-state index contributed by atoms with van der Waals surface area (Å²) in [4.78, 5) is 6.24. The molecule has 5 aromatic carbocycles. The van der Waals surface area contributed by atoms with E-state index in [1.54, 1.807) is 0 Å². The van der Waals surface area contributed by atoms with E-state index >= 15 is 0 Å². The summed E-state index contributed by atoms with van der Waals surface area (Å²) in [6.07, 6.45) is 6.34. The summed E-state index contributed by atoms with van der Waals surface area (Å²) in [5.41, 5.74) is 5.34. The Morgan fingerprint density at radius 1 is 0.537 bits per heavy atom. The Morgan fingerprint density at radius 3 is 1.88 bits per heavy atom. The minimum Gasteiger partial charge on any atom is -0.256 e. The first-order valence-corrected chi connectivity index (χ1v) is 16.7. The fourth-order valence-corrected chi connectivity index (χ4v) is 8.52. The van der Waals surface area contributed by atoms with Gasteiger partial charge in [-0.1, -0.05) is 121 Å². The maximum atomic E-state index is 4.86. The lowest BCUT2D eigenvalue weighted by atomic mass is 10.0. The van der Waals surface area contributed by atoms with Crippen LogP contribution >= 0.6 is 19.7 Å². The molecule has 1 heterocycles. The summed E-state index contributed by atoms with van der Waals surface area (Å²) < 4.78 is 0. The smallest absolute Gasteiger partial charge is 0.0723 e. The Bertz CT molecular complexity index is 1640. The van der Waals surface area contributed by atoms with E-state index in [0.29, 0.717) is 0 Å². The summed E-state index contributed by atoms with van der Waals surface area (Å²) in [6, 6.07) is 50.7. The lowest BCUT2D eigenvalue weighted by Crippen LogP contribution is -2.23. The SMILES string of the molecule is c1ccc(P(c2ccccc2)c2cc(CCc3ccc(CCCSc4cccc5ccccc45)cc3)ccn2)cc1. The Balaban J connectivity index is 1.05. The molecule has 0 radical (unpaired) electrons. The number of pyridine rings is 1. The molecule has 0 saturated carbocycles. The molecule has 0 aliphatic heterocycles. The standard InChI is InChI=1S/C38H34NPS/c1-3-14-34(15-4-1)40(35-16-5-2-6-17-35)38-29-32(26-27-39-38)25-24-31-22-20-30(21-23-31)11-10-28-41-37-19-9-13-33-12-7-8-18-36(33)37/h1-9,12-23,26-27,29H,10-11,24-25,28H2. The molecule has 0 spiro atoms. The molecule has 0 bridgehead atoms. The predicted molar refractivity (Wildman–Crippen MR) is 180 cm³/mol. The molecule has 0 saturated heterocycles. The average molecular weight is 568 g/mol. The minimum atomic E-state index is -0.676. The average Bonchev–Trinajstić information content (AvgIpc) is 3.04. The third-order valence-corrected chi connectivity index (χ3v) is 10.9. The van der Waals surface area contributed by atoms with Crippen molar-refractivity contribution < 1.29 is 0 Å². The normalized spacial score (nSPS) is 11.2. The number of hydrogen-bond acceptors (Lipinski definition) is 2. The van der Waals surface area contributed by atoms with E-state index in [0.717, 1.165) is 25.0 Å².